The van der Waals surface area contributed by atoms with E-state index in [4.69, 9.17) is 20.4 Å². The van der Waals surface area contributed by atoms with Gasteiger partial charge in [-0.1, -0.05) is 6.07 Å². The van der Waals surface area contributed by atoms with Crippen molar-refractivity contribution in [3.05, 3.63) is 107 Å². The number of nitrogens with one attached hydrogen (secondary N) is 1. The summed E-state index contributed by atoms with van der Waals surface area (Å²) in [5.74, 6) is 1.14. The van der Waals surface area contributed by atoms with Crippen LogP contribution in [-0.2, 0) is 24.4 Å². The Hall–Kier alpha value is -5.88. The molecular weight excluding hydrogens is 572 g/mol. The highest BCUT2D eigenvalue weighted by Crippen LogP contribution is 2.36. The van der Waals surface area contributed by atoms with Crippen molar-refractivity contribution in [3.8, 4) is 28.6 Å². The third-order valence-electron chi connectivity index (χ3n) is 8.36. The van der Waals surface area contributed by atoms with E-state index < -0.39 is 0 Å². The van der Waals surface area contributed by atoms with E-state index in [1.807, 2.05) is 47.2 Å². The van der Waals surface area contributed by atoms with Crippen molar-refractivity contribution in [1.29, 1.82) is 0 Å². The minimum absolute atomic E-state index is 0.0687. The zero-order valence-corrected chi connectivity index (χ0v) is 23.8. The number of aromatic hydroxyl groups is 1. The molecule has 6 aromatic rings. The largest absolute Gasteiger partial charge is 0.507 e. The van der Waals surface area contributed by atoms with Crippen LogP contribution in [0, 0.1) is 0 Å². The lowest BCUT2D eigenvalue weighted by Gasteiger charge is -2.16. The number of nitrogens with two attached hydrogens (primary N) is 1. The van der Waals surface area contributed by atoms with Crippen molar-refractivity contribution in [2.45, 2.75) is 32.1 Å². The Kier molecular flexibility index (Phi) is 6.17. The minimum Gasteiger partial charge on any atom is -0.507 e. The van der Waals surface area contributed by atoms with Crippen LogP contribution in [0.3, 0.4) is 0 Å². The van der Waals surface area contributed by atoms with Crippen LogP contribution >= 0.6 is 0 Å². The van der Waals surface area contributed by atoms with Crippen molar-refractivity contribution in [2.75, 3.05) is 5.73 Å². The molecule has 1 amide bonds. The average molecular weight is 599 g/mol. The summed E-state index contributed by atoms with van der Waals surface area (Å²) in [6, 6.07) is 17.6. The minimum atomic E-state index is -0.317. The summed E-state index contributed by atoms with van der Waals surface area (Å²) in [4.78, 5) is 38.6. The monoisotopic (exact) mass is 598 g/mol. The number of phenols is 1. The fourth-order valence-electron chi connectivity index (χ4n) is 6.09. The van der Waals surface area contributed by atoms with Crippen LogP contribution in [0.2, 0.25) is 0 Å². The van der Waals surface area contributed by atoms with Crippen LogP contribution in [0.1, 0.15) is 55.6 Å². The molecule has 0 bridgehead atoms. The molecule has 0 saturated carbocycles. The number of rotatable bonds is 6. The molecule has 1 atom stereocenters. The van der Waals surface area contributed by atoms with E-state index in [0.29, 0.717) is 65.7 Å². The number of aryl methyl sites for hydroxylation is 1. The van der Waals surface area contributed by atoms with Gasteiger partial charge in [-0.3, -0.25) is 14.2 Å². The van der Waals surface area contributed by atoms with Gasteiger partial charge in [-0.2, -0.15) is 5.10 Å². The number of nitrogen functional groups attached to an aromatic ring is 1. The highest BCUT2D eigenvalue weighted by atomic mass is 16.5. The van der Waals surface area contributed by atoms with Crippen LogP contribution < -0.4 is 11.1 Å². The van der Waals surface area contributed by atoms with E-state index >= 15 is 0 Å². The zero-order valence-electron chi connectivity index (χ0n) is 23.8. The number of nitrogens with zero attached hydrogens (tertiary/aromatic N) is 6. The van der Waals surface area contributed by atoms with Gasteiger partial charge in [-0.25, -0.2) is 19.6 Å². The standard InChI is InChI=1S/C33H26N8O4/c34-30-24(2-1-11-35-30)31-36-26-8-10-29(40-14-21-16-45-17-27(21)39-40)38-32(26)41(31)22-5-6-23-18(13-22)3-7-25(23)37-33(44)19-4-9-28(43)20(12-19)15-42/h1-2,4-6,8-15,25,43H,3,7,16-17H2,(H2,34,35)(H,37,44)/t25-/m0/s1. The number of carbonyl (C=O) groups excluding carboxylic acids is 2. The van der Waals surface area contributed by atoms with Crippen molar-refractivity contribution in [2.24, 2.45) is 0 Å². The van der Waals surface area contributed by atoms with E-state index in [-0.39, 0.29) is 23.3 Å². The Morgan fingerprint density at radius 3 is 2.82 bits per heavy atom. The molecule has 0 radical (unpaired) electrons. The SMILES string of the molecule is Nc1ncccc1-c1nc2ccc(-n3cc4c(n3)COC4)nc2n1-c1ccc2c(c1)CC[C@@H]2NC(=O)c1ccc(O)c(C=O)c1. The molecule has 1 aliphatic heterocycles. The average Bonchev–Trinajstić information content (AvgIpc) is 3.83. The molecule has 222 valence electrons. The van der Waals surface area contributed by atoms with Gasteiger partial charge in [0, 0.05) is 29.2 Å². The summed E-state index contributed by atoms with van der Waals surface area (Å²) < 4.78 is 9.24. The molecule has 0 spiro atoms. The van der Waals surface area contributed by atoms with E-state index in [1.165, 1.54) is 18.2 Å². The normalized spacial score (nSPS) is 15.2. The molecule has 45 heavy (non-hydrogen) atoms. The number of benzene rings is 2. The number of hydrogen-bond donors (Lipinski definition) is 3. The maximum Gasteiger partial charge on any atom is 0.251 e. The second-order valence-corrected chi connectivity index (χ2v) is 11.1. The van der Waals surface area contributed by atoms with Gasteiger partial charge < -0.3 is 20.9 Å². The van der Waals surface area contributed by atoms with Crippen LogP contribution in [0.4, 0.5) is 5.82 Å². The number of carbonyl (C=O) groups is 2. The third-order valence-corrected chi connectivity index (χ3v) is 8.36. The summed E-state index contributed by atoms with van der Waals surface area (Å²) in [6.07, 6.45) is 5.58. The second kappa shape index (κ2) is 10.4. The molecule has 2 aliphatic rings. The number of hydrogen-bond acceptors (Lipinski definition) is 9. The molecule has 0 unspecified atom stereocenters. The van der Waals surface area contributed by atoms with E-state index in [1.54, 1.807) is 10.9 Å². The van der Waals surface area contributed by atoms with Gasteiger partial charge in [0.15, 0.2) is 23.6 Å². The van der Waals surface area contributed by atoms with E-state index in [9.17, 15) is 14.7 Å². The second-order valence-electron chi connectivity index (χ2n) is 11.1. The first-order valence-electron chi connectivity index (χ1n) is 14.4. The van der Waals surface area contributed by atoms with Gasteiger partial charge in [0.25, 0.3) is 5.91 Å². The van der Waals surface area contributed by atoms with Crippen molar-refractivity contribution < 1.29 is 19.4 Å². The molecule has 4 N–H and O–H groups in total. The number of aromatic nitrogens is 6. The molecule has 1 aliphatic carbocycles. The Bertz CT molecular complexity index is 2150. The van der Waals surface area contributed by atoms with Gasteiger partial charge in [0.1, 0.15) is 17.1 Å². The van der Waals surface area contributed by atoms with E-state index in [0.717, 1.165) is 34.5 Å². The molecule has 4 aromatic heterocycles. The Balaban J connectivity index is 1.19. The maximum atomic E-state index is 13.1. The molecule has 12 nitrogen and oxygen atoms in total. The predicted octanol–water partition coefficient (Wildman–Crippen LogP) is 4.22. The number of fused-ring (bicyclic) bond motifs is 3. The lowest BCUT2D eigenvalue weighted by molar-refractivity contribution is 0.0936. The van der Waals surface area contributed by atoms with Crippen LogP contribution in [0.25, 0.3) is 34.1 Å². The Morgan fingerprint density at radius 2 is 1.98 bits per heavy atom. The number of amides is 1. The number of phenolic OH excluding ortho intramolecular Hbond substituents is 1. The first-order valence-corrected chi connectivity index (χ1v) is 14.4. The van der Waals surface area contributed by atoms with Crippen LogP contribution in [0.5, 0.6) is 5.75 Å². The molecule has 2 aromatic carbocycles. The highest BCUT2D eigenvalue weighted by Gasteiger charge is 2.27. The fourth-order valence-corrected chi connectivity index (χ4v) is 6.09. The summed E-state index contributed by atoms with van der Waals surface area (Å²) in [5.41, 5.74) is 13.6. The molecule has 12 heteroatoms. The molecular formula is C33H26N8O4. The predicted molar refractivity (Wildman–Crippen MR) is 164 cm³/mol. The van der Waals surface area contributed by atoms with Crippen molar-refractivity contribution >= 4 is 29.2 Å². The lowest BCUT2D eigenvalue weighted by Crippen LogP contribution is -2.27. The molecule has 8 rings (SSSR count). The first-order chi connectivity index (χ1) is 22.0. The van der Waals surface area contributed by atoms with Crippen LogP contribution in [0.15, 0.2) is 73.1 Å². The summed E-state index contributed by atoms with van der Waals surface area (Å²) >= 11 is 0. The van der Waals surface area contributed by atoms with Gasteiger partial charge in [-0.15, -0.1) is 0 Å². The number of anilines is 1. The van der Waals surface area contributed by atoms with Crippen LogP contribution in [-0.4, -0.2) is 46.6 Å². The van der Waals surface area contributed by atoms with Crippen molar-refractivity contribution in [1.82, 2.24) is 34.6 Å². The van der Waals surface area contributed by atoms with E-state index in [2.05, 4.69) is 21.5 Å². The van der Waals surface area contributed by atoms with Gasteiger partial charge in [-0.05, 0) is 78.6 Å². The first kappa shape index (κ1) is 26.7. The fraction of sp³-hybridized carbons (Fsp3) is 0.152. The highest BCUT2D eigenvalue weighted by molar-refractivity contribution is 5.96. The number of ether oxygens (including phenoxy) is 1. The smallest absolute Gasteiger partial charge is 0.251 e. The van der Waals surface area contributed by atoms with Gasteiger partial charge >= 0.3 is 0 Å². The summed E-state index contributed by atoms with van der Waals surface area (Å²) in [7, 11) is 0. The number of aldehydes is 1. The Labute approximate surface area is 256 Å². The number of imidazole rings is 1. The molecule has 0 fully saturated rings. The molecule has 5 heterocycles. The maximum absolute atomic E-state index is 13.1. The lowest BCUT2D eigenvalue weighted by atomic mass is 10.1. The van der Waals surface area contributed by atoms with Gasteiger partial charge in [0.05, 0.1) is 36.1 Å². The Morgan fingerprint density at radius 1 is 1.07 bits per heavy atom. The zero-order chi connectivity index (χ0) is 30.7. The third kappa shape index (κ3) is 4.50. The number of pyridine rings is 2. The quantitative estimate of drug-likeness (QED) is 0.238. The van der Waals surface area contributed by atoms with Gasteiger partial charge in [0.2, 0.25) is 0 Å². The summed E-state index contributed by atoms with van der Waals surface area (Å²) in [5, 5.41) is 17.6. The molecule has 0 saturated heterocycles. The summed E-state index contributed by atoms with van der Waals surface area (Å²) in [6.45, 7) is 1.02. The van der Waals surface area contributed by atoms with Crippen molar-refractivity contribution in [3.63, 3.8) is 0 Å². The topological polar surface area (TPSA) is 163 Å².